The monoisotopic (exact) mass is 333 g/mol. The van der Waals surface area contributed by atoms with Crippen molar-refractivity contribution in [2.45, 2.75) is 6.54 Å². The van der Waals surface area contributed by atoms with Crippen molar-refractivity contribution < 1.29 is 4.92 Å². The van der Waals surface area contributed by atoms with Gasteiger partial charge in [-0.05, 0) is 18.2 Å². The predicted molar refractivity (Wildman–Crippen MR) is 88.4 cm³/mol. The summed E-state index contributed by atoms with van der Waals surface area (Å²) in [4.78, 5) is 13.3. The molecule has 0 aliphatic rings. The van der Waals surface area contributed by atoms with Gasteiger partial charge in [-0.25, -0.2) is 0 Å². The van der Waals surface area contributed by atoms with E-state index in [2.05, 4.69) is 6.58 Å². The molecule has 0 N–H and O–H groups in total. The van der Waals surface area contributed by atoms with Crippen LogP contribution in [0.1, 0.15) is 10.4 Å². The lowest BCUT2D eigenvalue weighted by Gasteiger charge is -2.23. The summed E-state index contributed by atoms with van der Waals surface area (Å²) in [7, 11) is 0. The van der Waals surface area contributed by atoms with Crippen molar-refractivity contribution in [3.05, 3.63) is 67.9 Å². The minimum absolute atomic E-state index is 0.0991. The molecule has 22 heavy (non-hydrogen) atoms. The van der Waals surface area contributed by atoms with Crippen molar-refractivity contribution >= 4 is 34.3 Å². The fourth-order valence-electron chi connectivity index (χ4n) is 2.03. The van der Waals surface area contributed by atoms with E-state index in [1.807, 2.05) is 23.1 Å². The number of rotatable bonds is 6. The van der Waals surface area contributed by atoms with Crippen molar-refractivity contribution in [1.29, 1.82) is 5.26 Å². The molecule has 0 saturated heterocycles. The predicted octanol–water partition coefficient (Wildman–Crippen LogP) is 4.37. The van der Waals surface area contributed by atoms with Gasteiger partial charge >= 0.3 is 0 Å². The third-order valence-electron chi connectivity index (χ3n) is 2.98. The van der Waals surface area contributed by atoms with Crippen LogP contribution in [0, 0.1) is 21.4 Å². The lowest BCUT2D eigenvalue weighted by molar-refractivity contribution is -0.384. The van der Waals surface area contributed by atoms with E-state index in [9.17, 15) is 15.4 Å². The molecule has 1 aromatic heterocycles. The molecular weight excluding hydrogens is 322 g/mol. The standard InChI is InChI=1S/C15H12ClN3O2S/c1-2-7-18(10-13-4-6-15(16)22-13)14-5-3-12(19(20)21)8-11(14)9-17/h2-6,8H,1,7,10H2. The maximum atomic E-state index is 10.8. The highest BCUT2D eigenvalue weighted by molar-refractivity contribution is 7.16. The summed E-state index contributed by atoms with van der Waals surface area (Å²) >= 11 is 7.39. The second-order valence-corrected chi connectivity index (χ2v) is 6.25. The second kappa shape index (κ2) is 7.07. The zero-order chi connectivity index (χ0) is 16.1. The van der Waals surface area contributed by atoms with Gasteiger partial charge in [0.25, 0.3) is 5.69 Å². The first-order valence-electron chi connectivity index (χ1n) is 6.33. The van der Waals surface area contributed by atoms with Crippen LogP contribution in [0.5, 0.6) is 0 Å². The Bertz CT molecular complexity index is 751. The van der Waals surface area contributed by atoms with E-state index in [-0.39, 0.29) is 11.3 Å². The van der Waals surface area contributed by atoms with E-state index in [1.54, 1.807) is 12.1 Å². The highest BCUT2D eigenvalue weighted by atomic mass is 35.5. The van der Waals surface area contributed by atoms with Gasteiger partial charge in [-0.3, -0.25) is 10.1 Å². The Balaban J connectivity index is 2.37. The molecule has 0 radical (unpaired) electrons. The number of nitriles is 1. The van der Waals surface area contributed by atoms with Crippen LogP contribution in [-0.2, 0) is 6.54 Å². The molecule has 0 aliphatic heterocycles. The van der Waals surface area contributed by atoms with Gasteiger partial charge in [-0.15, -0.1) is 17.9 Å². The number of hydrogen-bond donors (Lipinski definition) is 0. The Morgan fingerprint density at radius 3 is 2.77 bits per heavy atom. The van der Waals surface area contributed by atoms with Gasteiger partial charge in [-0.2, -0.15) is 5.26 Å². The Labute approximate surface area is 136 Å². The van der Waals surface area contributed by atoms with Gasteiger partial charge < -0.3 is 4.90 Å². The molecule has 0 bridgehead atoms. The Kier molecular flexibility index (Phi) is 5.15. The van der Waals surface area contributed by atoms with E-state index >= 15 is 0 Å². The lowest BCUT2D eigenvalue weighted by atomic mass is 10.1. The molecule has 0 saturated carbocycles. The van der Waals surface area contributed by atoms with Crippen LogP contribution in [0.15, 0.2) is 43.0 Å². The van der Waals surface area contributed by atoms with Crippen molar-refractivity contribution in [3.63, 3.8) is 0 Å². The lowest BCUT2D eigenvalue weighted by Crippen LogP contribution is -2.23. The average Bonchev–Trinajstić information content (AvgIpc) is 2.91. The Hall–Kier alpha value is -2.36. The van der Waals surface area contributed by atoms with Gasteiger partial charge in [0.1, 0.15) is 6.07 Å². The van der Waals surface area contributed by atoms with E-state index in [0.29, 0.717) is 23.1 Å². The van der Waals surface area contributed by atoms with E-state index in [0.717, 1.165) is 4.88 Å². The number of benzene rings is 1. The molecule has 1 aromatic carbocycles. The summed E-state index contributed by atoms with van der Waals surface area (Å²) in [6, 6.07) is 10.0. The summed E-state index contributed by atoms with van der Waals surface area (Å²) in [5.41, 5.74) is 0.800. The molecular formula is C15H12ClN3O2S. The molecule has 2 aromatic rings. The number of nitrogens with zero attached hydrogens (tertiary/aromatic N) is 3. The van der Waals surface area contributed by atoms with E-state index in [4.69, 9.17) is 11.6 Å². The van der Waals surface area contributed by atoms with Gasteiger partial charge in [0.2, 0.25) is 0 Å². The van der Waals surface area contributed by atoms with Crippen molar-refractivity contribution in [2.24, 2.45) is 0 Å². The topological polar surface area (TPSA) is 70.2 Å². The Morgan fingerprint density at radius 2 is 2.23 bits per heavy atom. The molecule has 5 nitrogen and oxygen atoms in total. The molecule has 0 spiro atoms. The minimum Gasteiger partial charge on any atom is -0.362 e. The number of hydrogen-bond acceptors (Lipinski definition) is 5. The van der Waals surface area contributed by atoms with Gasteiger partial charge in [-0.1, -0.05) is 17.7 Å². The first kappa shape index (κ1) is 16.0. The molecule has 0 aliphatic carbocycles. The van der Waals surface area contributed by atoms with Crippen LogP contribution in [0.25, 0.3) is 0 Å². The molecule has 0 fully saturated rings. The van der Waals surface area contributed by atoms with Gasteiger partial charge in [0.15, 0.2) is 0 Å². The number of thiophene rings is 1. The minimum atomic E-state index is -0.512. The zero-order valence-electron chi connectivity index (χ0n) is 11.5. The normalized spacial score (nSPS) is 10.0. The summed E-state index contributed by atoms with van der Waals surface area (Å²) in [6.45, 7) is 4.79. The third-order valence-corrected chi connectivity index (χ3v) is 4.19. The largest absolute Gasteiger partial charge is 0.362 e. The zero-order valence-corrected chi connectivity index (χ0v) is 13.1. The molecule has 0 unspecified atom stereocenters. The summed E-state index contributed by atoms with van der Waals surface area (Å²) < 4.78 is 0.692. The van der Waals surface area contributed by atoms with Gasteiger partial charge in [0, 0.05) is 23.6 Å². The maximum Gasteiger partial charge on any atom is 0.270 e. The van der Waals surface area contributed by atoms with E-state index < -0.39 is 4.92 Å². The number of nitro groups is 1. The highest BCUT2D eigenvalue weighted by Crippen LogP contribution is 2.29. The highest BCUT2D eigenvalue weighted by Gasteiger charge is 2.16. The smallest absolute Gasteiger partial charge is 0.270 e. The number of non-ortho nitro benzene ring substituents is 1. The summed E-state index contributed by atoms with van der Waals surface area (Å²) in [5.74, 6) is 0. The molecule has 112 valence electrons. The first-order chi connectivity index (χ1) is 10.5. The van der Waals surface area contributed by atoms with Crippen LogP contribution in [0.4, 0.5) is 11.4 Å². The van der Waals surface area contributed by atoms with Crippen molar-refractivity contribution in [1.82, 2.24) is 0 Å². The Morgan fingerprint density at radius 1 is 1.45 bits per heavy atom. The third kappa shape index (κ3) is 3.64. The molecule has 1 heterocycles. The quantitative estimate of drug-likeness (QED) is 0.447. The average molecular weight is 334 g/mol. The molecule has 7 heteroatoms. The second-order valence-electron chi connectivity index (χ2n) is 4.45. The fourth-order valence-corrected chi connectivity index (χ4v) is 3.13. The van der Waals surface area contributed by atoms with Crippen LogP contribution in [-0.4, -0.2) is 11.5 Å². The number of anilines is 1. The van der Waals surface area contributed by atoms with Gasteiger partial charge in [0.05, 0.1) is 27.1 Å². The van der Waals surface area contributed by atoms with Crippen LogP contribution < -0.4 is 4.90 Å². The summed E-state index contributed by atoms with van der Waals surface area (Å²) in [5, 5.41) is 20.1. The van der Waals surface area contributed by atoms with Crippen LogP contribution in [0.3, 0.4) is 0 Å². The first-order valence-corrected chi connectivity index (χ1v) is 7.53. The summed E-state index contributed by atoms with van der Waals surface area (Å²) in [6.07, 6.45) is 1.72. The number of nitro benzene ring substituents is 1. The van der Waals surface area contributed by atoms with Crippen molar-refractivity contribution in [2.75, 3.05) is 11.4 Å². The van der Waals surface area contributed by atoms with Crippen LogP contribution in [0.2, 0.25) is 4.34 Å². The fraction of sp³-hybridized carbons (Fsp3) is 0.133. The SMILES string of the molecule is C=CCN(Cc1ccc(Cl)s1)c1ccc([N+](=O)[O-])cc1C#N. The molecule has 0 amide bonds. The molecule has 2 rings (SSSR count). The van der Waals surface area contributed by atoms with E-state index in [1.165, 1.54) is 23.5 Å². The molecule has 0 atom stereocenters. The van der Waals surface area contributed by atoms with Crippen molar-refractivity contribution in [3.8, 4) is 6.07 Å². The number of halogens is 1. The van der Waals surface area contributed by atoms with Crippen LogP contribution >= 0.6 is 22.9 Å². The maximum absolute atomic E-state index is 10.8.